The lowest BCUT2D eigenvalue weighted by atomic mass is 10.0. The highest BCUT2D eigenvalue weighted by atomic mass is 32.2. The fraction of sp³-hybridized carbons (Fsp3) is 0.562. The maximum absolute atomic E-state index is 11.5. The van der Waals surface area contributed by atoms with Crippen molar-refractivity contribution in [3.05, 3.63) is 23.3 Å². The Morgan fingerprint density at radius 2 is 2.10 bits per heavy atom. The van der Waals surface area contributed by atoms with Gasteiger partial charge in [-0.05, 0) is 37.7 Å². The second-order valence-electron chi connectivity index (χ2n) is 4.78. The Kier molecular flexibility index (Phi) is 8.23. The van der Waals surface area contributed by atoms with Gasteiger partial charge in [0, 0.05) is 11.3 Å². The van der Waals surface area contributed by atoms with Crippen LogP contribution in [0.5, 0.6) is 11.5 Å². The lowest BCUT2D eigenvalue weighted by Gasteiger charge is -2.14. The fourth-order valence-electron chi connectivity index (χ4n) is 2.04. The number of ketones is 1. The van der Waals surface area contributed by atoms with Crippen molar-refractivity contribution in [1.82, 2.24) is 0 Å². The van der Waals surface area contributed by atoms with E-state index in [0.29, 0.717) is 29.9 Å². The first-order valence-electron chi connectivity index (χ1n) is 7.29. The van der Waals surface area contributed by atoms with Crippen LogP contribution in [0.3, 0.4) is 0 Å². The Balaban J connectivity index is 2.68. The number of phenols is 1. The molecule has 0 aliphatic rings. The number of benzene rings is 1. The van der Waals surface area contributed by atoms with Crippen LogP contribution in [0.25, 0.3) is 0 Å². The summed E-state index contributed by atoms with van der Waals surface area (Å²) in [5, 5.41) is 18.9. The highest BCUT2D eigenvalue weighted by Gasteiger charge is 2.15. The van der Waals surface area contributed by atoms with Crippen molar-refractivity contribution in [3.8, 4) is 11.5 Å². The van der Waals surface area contributed by atoms with Crippen molar-refractivity contribution in [2.45, 2.75) is 33.1 Å². The number of phenolic OH excluding ortho intramolecular Hbond substituents is 1. The Bertz CT molecular complexity index is 460. The van der Waals surface area contributed by atoms with E-state index in [9.17, 15) is 9.90 Å². The number of hydrogen-bond acceptors (Lipinski definition) is 5. The summed E-state index contributed by atoms with van der Waals surface area (Å²) in [6.45, 7) is 4.24. The monoisotopic (exact) mass is 312 g/mol. The predicted octanol–water partition coefficient (Wildman–Crippen LogP) is 3.04. The predicted molar refractivity (Wildman–Crippen MR) is 86.6 cm³/mol. The molecule has 0 fully saturated rings. The van der Waals surface area contributed by atoms with Crippen molar-refractivity contribution < 1.29 is 19.7 Å². The molecule has 0 unspecified atom stereocenters. The number of hydrogen-bond donors (Lipinski definition) is 2. The molecule has 0 spiro atoms. The van der Waals surface area contributed by atoms with E-state index in [1.54, 1.807) is 23.9 Å². The second-order valence-corrected chi connectivity index (χ2v) is 6.01. The van der Waals surface area contributed by atoms with E-state index in [2.05, 4.69) is 0 Å². The van der Waals surface area contributed by atoms with Gasteiger partial charge in [0.15, 0.2) is 5.78 Å². The number of carbonyl (C=O) groups excluding carboxylic acids is 1. The van der Waals surface area contributed by atoms with Gasteiger partial charge in [-0.15, -0.1) is 0 Å². The number of Topliss-reactive ketones (excluding diaryl/α,β-unsaturated/α-hetero) is 1. The summed E-state index contributed by atoms with van der Waals surface area (Å²) < 4.78 is 5.74. The molecule has 0 heterocycles. The molecule has 0 bridgehead atoms. The van der Waals surface area contributed by atoms with E-state index in [-0.39, 0.29) is 18.1 Å². The Labute approximate surface area is 130 Å². The molecule has 0 saturated heterocycles. The Hall–Kier alpha value is -1.20. The average Bonchev–Trinajstić information content (AvgIpc) is 2.45. The largest absolute Gasteiger partial charge is 0.507 e. The molecule has 21 heavy (non-hydrogen) atoms. The van der Waals surface area contributed by atoms with Crippen LogP contribution in [0.4, 0.5) is 0 Å². The van der Waals surface area contributed by atoms with Crippen LogP contribution in [0.1, 0.15) is 42.6 Å². The Morgan fingerprint density at radius 3 is 2.71 bits per heavy atom. The molecule has 1 aromatic carbocycles. The van der Waals surface area contributed by atoms with Crippen LogP contribution < -0.4 is 4.74 Å². The van der Waals surface area contributed by atoms with E-state index < -0.39 is 0 Å². The van der Waals surface area contributed by atoms with Crippen LogP contribution in [0.2, 0.25) is 0 Å². The molecule has 0 atom stereocenters. The van der Waals surface area contributed by atoms with Gasteiger partial charge in [0.25, 0.3) is 0 Å². The maximum atomic E-state index is 11.5. The average molecular weight is 312 g/mol. The molecule has 4 nitrogen and oxygen atoms in total. The molecular weight excluding hydrogens is 288 g/mol. The number of ether oxygens (including phenoxy) is 1. The zero-order valence-corrected chi connectivity index (χ0v) is 13.5. The first-order valence-corrected chi connectivity index (χ1v) is 8.44. The summed E-state index contributed by atoms with van der Waals surface area (Å²) in [5.74, 6) is 2.25. The normalized spacial score (nSPS) is 10.6. The minimum Gasteiger partial charge on any atom is -0.507 e. The van der Waals surface area contributed by atoms with Crippen molar-refractivity contribution in [3.63, 3.8) is 0 Å². The molecule has 1 rings (SSSR count). The highest BCUT2D eigenvalue weighted by Crippen LogP contribution is 2.33. The summed E-state index contributed by atoms with van der Waals surface area (Å²) in [4.78, 5) is 11.5. The highest BCUT2D eigenvalue weighted by molar-refractivity contribution is 7.99. The third kappa shape index (κ3) is 5.59. The van der Waals surface area contributed by atoms with Crippen molar-refractivity contribution in [2.75, 3.05) is 24.7 Å². The molecule has 0 radical (unpaired) electrons. The number of rotatable bonds is 10. The summed E-state index contributed by atoms with van der Waals surface area (Å²) in [7, 11) is 0. The zero-order valence-electron chi connectivity index (χ0n) is 12.7. The smallest absolute Gasteiger partial charge is 0.163 e. The van der Waals surface area contributed by atoms with Gasteiger partial charge in [0.1, 0.15) is 11.5 Å². The van der Waals surface area contributed by atoms with Gasteiger partial charge in [-0.3, -0.25) is 4.79 Å². The molecule has 2 N–H and O–H groups in total. The van der Waals surface area contributed by atoms with Crippen molar-refractivity contribution in [1.29, 1.82) is 0 Å². The first kappa shape index (κ1) is 17.9. The number of aliphatic hydroxyl groups is 1. The van der Waals surface area contributed by atoms with Gasteiger partial charge >= 0.3 is 0 Å². The molecule has 5 heteroatoms. The van der Waals surface area contributed by atoms with E-state index in [4.69, 9.17) is 9.84 Å². The molecule has 1 aromatic rings. The summed E-state index contributed by atoms with van der Waals surface area (Å²) >= 11 is 1.69. The van der Waals surface area contributed by atoms with Crippen LogP contribution >= 0.6 is 11.8 Å². The maximum Gasteiger partial charge on any atom is 0.163 e. The van der Waals surface area contributed by atoms with Crippen LogP contribution in [-0.4, -0.2) is 40.7 Å². The van der Waals surface area contributed by atoms with E-state index in [0.717, 1.165) is 24.3 Å². The molecule has 0 aromatic heterocycles. The van der Waals surface area contributed by atoms with E-state index in [1.807, 2.05) is 6.92 Å². The summed E-state index contributed by atoms with van der Waals surface area (Å²) in [5.41, 5.74) is 1.07. The third-order valence-electron chi connectivity index (χ3n) is 3.05. The van der Waals surface area contributed by atoms with Gasteiger partial charge < -0.3 is 14.9 Å². The lowest BCUT2D eigenvalue weighted by Crippen LogP contribution is -2.04. The SMILES string of the molecule is CCCc1c(OCCCSCCO)ccc(C(C)=O)c1O. The first-order chi connectivity index (χ1) is 10.1. The third-order valence-corrected chi connectivity index (χ3v) is 4.09. The standard InChI is InChI=1S/C16H24O4S/c1-3-5-14-15(20-9-4-10-21-11-8-17)7-6-13(12(2)18)16(14)19/h6-7,17,19H,3-5,8-11H2,1-2H3. The Morgan fingerprint density at radius 1 is 1.33 bits per heavy atom. The van der Waals surface area contributed by atoms with Gasteiger partial charge in [-0.2, -0.15) is 11.8 Å². The topological polar surface area (TPSA) is 66.8 Å². The van der Waals surface area contributed by atoms with Crippen molar-refractivity contribution >= 4 is 17.5 Å². The molecule has 0 amide bonds. The van der Waals surface area contributed by atoms with Gasteiger partial charge in [0.05, 0.1) is 18.8 Å². The number of thioether (sulfide) groups is 1. The van der Waals surface area contributed by atoms with E-state index >= 15 is 0 Å². The molecule has 0 saturated carbocycles. The van der Waals surface area contributed by atoms with Crippen LogP contribution in [-0.2, 0) is 6.42 Å². The van der Waals surface area contributed by atoms with Gasteiger partial charge in [0.2, 0.25) is 0 Å². The van der Waals surface area contributed by atoms with E-state index in [1.165, 1.54) is 6.92 Å². The summed E-state index contributed by atoms with van der Waals surface area (Å²) in [6, 6.07) is 3.38. The summed E-state index contributed by atoms with van der Waals surface area (Å²) in [6.07, 6.45) is 2.44. The van der Waals surface area contributed by atoms with Crippen LogP contribution in [0, 0.1) is 0 Å². The van der Waals surface area contributed by atoms with Gasteiger partial charge in [-0.1, -0.05) is 13.3 Å². The second kappa shape index (κ2) is 9.68. The quantitative estimate of drug-likeness (QED) is 0.513. The molecular formula is C16H24O4S. The number of carbonyl (C=O) groups is 1. The minimum atomic E-state index is -0.142. The number of aliphatic hydroxyl groups excluding tert-OH is 1. The van der Waals surface area contributed by atoms with Gasteiger partial charge in [-0.25, -0.2) is 0 Å². The fourth-order valence-corrected chi connectivity index (χ4v) is 2.69. The lowest BCUT2D eigenvalue weighted by molar-refractivity contribution is 0.101. The van der Waals surface area contributed by atoms with Crippen molar-refractivity contribution in [2.24, 2.45) is 0 Å². The van der Waals surface area contributed by atoms with Crippen LogP contribution in [0.15, 0.2) is 12.1 Å². The molecule has 118 valence electrons. The molecule has 0 aliphatic heterocycles. The zero-order chi connectivity index (χ0) is 15.7. The number of aromatic hydroxyl groups is 1. The minimum absolute atomic E-state index is 0.0523. The molecule has 0 aliphatic carbocycles.